The zero-order valence-electron chi connectivity index (χ0n) is 11.9. The highest BCUT2D eigenvalue weighted by atomic mass is 79.9. The van der Waals surface area contributed by atoms with Crippen LogP contribution in [-0.2, 0) is 13.0 Å². The molecular formula is C17H19BrN2. The maximum absolute atomic E-state index is 3.57. The number of likely N-dealkylation sites (N-methyl/N-ethyl adjacent to an activating group) is 1. The highest BCUT2D eigenvalue weighted by molar-refractivity contribution is 9.10. The molecule has 0 bridgehead atoms. The van der Waals surface area contributed by atoms with Crippen LogP contribution >= 0.6 is 15.9 Å². The second kappa shape index (κ2) is 5.49. The molecule has 0 aromatic heterocycles. The van der Waals surface area contributed by atoms with Crippen molar-refractivity contribution < 1.29 is 0 Å². The van der Waals surface area contributed by atoms with Gasteiger partial charge in [-0.1, -0.05) is 34.1 Å². The summed E-state index contributed by atoms with van der Waals surface area (Å²) < 4.78 is 1.15. The number of nitrogens with zero attached hydrogens (tertiary/aromatic N) is 1. The second-order valence-corrected chi connectivity index (χ2v) is 6.31. The predicted molar refractivity (Wildman–Crippen MR) is 89.6 cm³/mol. The normalized spacial score (nSPS) is 13.4. The fraction of sp³-hybridized carbons (Fsp3) is 0.294. The summed E-state index contributed by atoms with van der Waals surface area (Å²) in [5, 5.41) is 3.49. The van der Waals surface area contributed by atoms with E-state index in [0.717, 1.165) is 29.7 Å². The van der Waals surface area contributed by atoms with Gasteiger partial charge < -0.3 is 10.2 Å². The maximum Gasteiger partial charge on any atom is 0.0400 e. The first-order valence-corrected chi connectivity index (χ1v) is 7.76. The molecule has 1 aliphatic rings. The molecule has 0 radical (unpaired) electrons. The molecular weight excluding hydrogens is 312 g/mol. The zero-order chi connectivity index (χ0) is 14.1. The van der Waals surface area contributed by atoms with Crippen molar-refractivity contribution in [3.8, 4) is 0 Å². The lowest BCUT2D eigenvalue weighted by Crippen LogP contribution is -2.12. The first-order valence-electron chi connectivity index (χ1n) is 6.96. The van der Waals surface area contributed by atoms with Crippen LogP contribution in [0.3, 0.4) is 0 Å². The molecule has 0 atom stereocenters. The Labute approximate surface area is 128 Å². The minimum Gasteiger partial charge on any atom is -0.381 e. The van der Waals surface area contributed by atoms with Crippen molar-refractivity contribution in [2.45, 2.75) is 19.9 Å². The van der Waals surface area contributed by atoms with Crippen molar-refractivity contribution >= 4 is 27.3 Å². The first kappa shape index (κ1) is 13.5. The van der Waals surface area contributed by atoms with Crippen LogP contribution in [0.5, 0.6) is 0 Å². The molecule has 0 saturated carbocycles. The quantitative estimate of drug-likeness (QED) is 0.899. The molecule has 2 nitrogen and oxygen atoms in total. The van der Waals surface area contributed by atoms with E-state index in [1.807, 2.05) is 0 Å². The second-order valence-electron chi connectivity index (χ2n) is 5.45. The molecule has 2 aromatic carbocycles. The molecule has 0 aliphatic carbocycles. The van der Waals surface area contributed by atoms with Crippen LogP contribution in [0.1, 0.15) is 16.7 Å². The monoisotopic (exact) mass is 330 g/mol. The Balaban J connectivity index is 1.71. The molecule has 3 rings (SSSR count). The lowest BCUT2D eigenvalue weighted by Gasteiger charge is -2.13. The number of nitrogens with one attached hydrogen (secondary N) is 1. The third-order valence-corrected chi connectivity index (χ3v) is 4.79. The smallest absolute Gasteiger partial charge is 0.0400 e. The molecule has 2 aromatic rings. The van der Waals surface area contributed by atoms with E-state index < -0.39 is 0 Å². The van der Waals surface area contributed by atoms with Gasteiger partial charge in [-0.3, -0.25) is 0 Å². The number of aryl methyl sites for hydroxylation is 1. The number of benzene rings is 2. The third kappa shape index (κ3) is 2.68. The molecule has 104 valence electrons. The third-order valence-electron chi connectivity index (χ3n) is 3.94. The van der Waals surface area contributed by atoms with Crippen LogP contribution < -0.4 is 10.2 Å². The van der Waals surface area contributed by atoms with Crippen molar-refractivity contribution in [2.24, 2.45) is 0 Å². The Morgan fingerprint density at radius 1 is 1.20 bits per heavy atom. The minimum atomic E-state index is 0.868. The molecule has 1 aliphatic heterocycles. The maximum atomic E-state index is 3.57. The van der Waals surface area contributed by atoms with Gasteiger partial charge in [0, 0.05) is 36.0 Å². The average Bonchev–Trinajstić information content (AvgIpc) is 2.81. The largest absolute Gasteiger partial charge is 0.381 e. The fourth-order valence-electron chi connectivity index (χ4n) is 2.64. The molecule has 0 amide bonds. The number of hydrogen-bond acceptors (Lipinski definition) is 2. The summed E-state index contributed by atoms with van der Waals surface area (Å²) in [6.07, 6.45) is 1.16. The molecule has 0 saturated heterocycles. The van der Waals surface area contributed by atoms with Crippen molar-refractivity contribution in [2.75, 3.05) is 23.8 Å². The van der Waals surface area contributed by atoms with Crippen molar-refractivity contribution in [3.05, 3.63) is 57.6 Å². The summed E-state index contributed by atoms with van der Waals surface area (Å²) in [6.45, 7) is 4.11. The first-order chi connectivity index (χ1) is 9.63. The van der Waals surface area contributed by atoms with Gasteiger partial charge in [-0.25, -0.2) is 0 Å². The van der Waals surface area contributed by atoms with Gasteiger partial charge in [-0.15, -0.1) is 0 Å². The summed E-state index contributed by atoms with van der Waals surface area (Å²) >= 11 is 3.57. The molecule has 0 unspecified atom stereocenters. The van der Waals surface area contributed by atoms with E-state index in [1.54, 1.807) is 0 Å². The summed E-state index contributed by atoms with van der Waals surface area (Å²) in [7, 11) is 2.16. The fourth-order valence-corrected chi connectivity index (χ4v) is 3.02. The van der Waals surface area contributed by atoms with E-state index in [-0.39, 0.29) is 0 Å². The molecule has 1 heterocycles. The van der Waals surface area contributed by atoms with Crippen LogP contribution in [0.25, 0.3) is 0 Å². The van der Waals surface area contributed by atoms with Gasteiger partial charge in [-0.2, -0.15) is 0 Å². The zero-order valence-corrected chi connectivity index (χ0v) is 13.5. The molecule has 3 heteroatoms. The van der Waals surface area contributed by atoms with Crippen LogP contribution in [-0.4, -0.2) is 13.6 Å². The van der Waals surface area contributed by atoms with Crippen molar-refractivity contribution in [3.63, 3.8) is 0 Å². The van der Waals surface area contributed by atoms with E-state index >= 15 is 0 Å². The van der Waals surface area contributed by atoms with Gasteiger partial charge >= 0.3 is 0 Å². The molecule has 1 N–H and O–H groups in total. The van der Waals surface area contributed by atoms with Gasteiger partial charge in [0.2, 0.25) is 0 Å². The lowest BCUT2D eigenvalue weighted by atomic mass is 10.1. The Bertz CT molecular complexity index is 637. The van der Waals surface area contributed by atoms with Crippen molar-refractivity contribution in [1.29, 1.82) is 0 Å². The summed E-state index contributed by atoms with van der Waals surface area (Å²) in [6, 6.07) is 13.2. The Kier molecular flexibility index (Phi) is 3.70. The van der Waals surface area contributed by atoms with Gasteiger partial charge in [0.25, 0.3) is 0 Å². The topological polar surface area (TPSA) is 15.3 Å². The number of fused-ring (bicyclic) bond motifs is 1. The van der Waals surface area contributed by atoms with E-state index in [4.69, 9.17) is 0 Å². The Morgan fingerprint density at radius 3 is 2.85 bits per heavy atom. The predicted octanol–water partition coefficient (Wildman–Crippen LogP) is 4.36. The van der Waals surface area contributed by atoms with Gasteiger partial charge in [0.05, 0.1) is 0 Å². The van der Waals surface area contributed by atoms with Crippen LogP contribution in [0, 0.1) is 6.92 Å². The number of rotatable bonds is 3. The summed E-state index contributed by atoms with van der Waals surface area (Å²) in [5.74, 6) is 0. The number of halogens is 1. The average molecular weight is 331 g/mol. The Morgan fingerprint density at radius 2 is 2.05 bits per heavy atom. The highest BCUT2D eigenvalue weighted by Gasteiger charge is 2.15. The SMILES string of the molecule is Cc1ccc(NCc2ccc3c(c2)CCN3C)cc1Br. The van der Waals surface area contributed by atoms with Crippen LogP contribution in [0.2, 0.25) is 0 Å². The van der Waals surface area contributed by atoms with E-state index in [2.05, 4.69) is 76.5 Å². The van der Waals surface area contributed by atoms with E-state index in [9.17, 15) is 0 Å². The summed E-state index contributed by atoms with van der Waals surface area (Å²) in [4.78, 5) is 2.32. The molecule has 20 heavy (non-hydrogen) atoms. The minimum absolute atomic E-state index is 0.868. The summed E-state index contributed by atoms with van der Waals surface area (Å²) in [5.41, 5.74) is 6.61. The van der Waals surface area contributed by atoms with E-state index in [0.29, 0.717) is 0 Å². The molecule has 0 spiro atoms. The van der Waals surface area contributed by atoms with Crippen LogP contribution in [0.4, 0.5) is 11.4 Å². The van der Waals surface area contributed by atoms with E-state index in [1.165, 1.54) is 22.4 Å². The number of anilines is 2. The highest BCUT2D eigenvalue weighted by Crippen LogP contribution is 2.28. The van der Waals surface area contributed by atoms with Gasteiger partial charge in [0.15, 0.2) is 0 Å². The van der Waals surface area contributed by atoms with Crippen LogP contribution in [0.15, 0.2) is 40.9 Å². The standard InChI is InChI=1S/C17H19BrN2/c1-12-3-5-15(10-16(12)18)19-11-13-4-6-17-14(9-13)7-8-20(17)2/h3-6,9-10,19H,7-8,11H2,1-2H3. The van der Waals surface area contributed by atoms with Gasteiger partial charge in [0.1, 0.15) is 0 Å². The Hall–Kier alpha value is -1.48. The lowest BCUT2D eigenvalue weighted by molar-refractivity contribution is 0.955. The molecule has 0 fully saturated rings. The number of hydrogen-bond donors (Lipinski definition) is 1. The van der Waals surface area contributed by atoms with Crippen molar-refractivity contribution in [1.82, 2.24) is 0 Å². The van der Waals surface area contributed by atoms with Gasteiger partial charge in [-0.05, 0) is 48.2 Å².